The predicted octanol–water partition coefficient (Wildman–Crippen LogP) is 12.4. The minimum absolute atomic E-state index is 0.210. The molecule has 43 heavy (non-hydrogen) atoms. The molecule has 0 saturated carbocycles. The zero-order valence-electron chi connectivity index (χ0n) is 26.9. The van der Waals surface area contributed by atoms with Gasteiger partial charge in [-0.05, 0) is 127 Å². The molecule has 0 aliphatic rings. The number of benzene rings is 5. The Balaban J connectivity index is 1.54. The molecule has 0 aliphatic carbocycles. The van der Waals surface area contributed by atoms with Crippen LogP contribution >= 0.6 is 0 Å². The Bertz CT molecular complexity index is 1560. The van der Waals surface area contributed by atoms with E-state index in [1.165, 1.54) is 23.1 Å². The van der Waals surface area contributed by atoms with Gasteiger partial charge in [-0.1, -0.05) is 89.2 Å². The van der Waals surface area contributed by atoms with Crippen LogP contribution < -0.4 is 9.80 Å². The zero-order chi connectivity index (χ0) is 30.6. The largest absolute Gasteiger partial charge is 0.311 e. The highest BCUT2D eigenvalue weighted by Crippen LogP contribution is 2.42. The summed E-state index contributed by atoms with van der Waals surface area (Å²) in [5.41, 5.74) is 11.0. The van der Waals surface area contributed by atoms with E-state index in [2.05, 4.69) is 186 Å². The average Bonchev–Trinajstić information content (AvgIpc) is 2.98. The molecule has 2 nitrogen and oxygen atoms in total. The van der Waals surface area contributed by atoms with Crippen molar-refractivity contribution in [3.05, 3.63) is 144 Å². The first kappa shape index (κ1) is 30.2. The molecule has 0 radical (unpaired) electrons. The van der Waals surface area contributed by atoms with E-state index in [1.807, 2.05) is 0 Å². The van der Waals surface area contributed by atoms with Gasteiger partial charge in [0.15, 0.2) is 0 Å². The van der Waals surface area contributed by atoms with E-state index in [0.717, 1.165) is 34.1 Å². The van der Waals surface area contributed by atoms with Gasteiger partial charge in [0.1, 0.15) is 0 Å². The van der Waals surface area contributed by atoms with Crippen LogP contribution in [0.1, 0.15) is 63.6 Å². The maximum atomic E-state index is 2.36. The van der Waals surface area contributed by atoms with Crippen LogP contribution in [0.15, 0.2) is 127 Å². The van der Waals surface area contributed by atoms with Crippen LogP contribution in [0.3, 0.4) is 0 Å². The molecule has 0 heterocycles. The summed E-state index contributed by atoms with van der Waals surface area (Å²) in [6.07, 6.45) is 1.19. The highest BCUT2D eigenvalue weighted by molar-refractivity contribution is 5.81. The van der Waals surface area contributed by atoms with E-state index in [0.29, 0.717) is 11.8 Å². The molecule has 5 aromatic carbocycles. The Labute approximate surface area is 259 Å². The second kappa shape index (κ2) is 12.9. The van der Waals surface area contributed by atoms with Crippen LogP contribution in [-0.2, 0) is 0 Å². The third-order valence-electron chi connectivity index (χ3n) is 8.21. The Morgan fingerprint density at radius 2 is 0.884 bits per heavy atom. The number of hydrogen-bond acceptors (Lipinski definition) is 2. The van der Waals surface area contributed by atoms with Gasteiger partial charge in [0.25, 0.3) is 0 Å². The predicted molar refractivity (Wildman–Crippen MR) is 187 cm³/mol. The lowest BCUT2D eigenvalue weighted by Gasteiger charge is -2.33. The number of anilines is 6. The normalized spacial score (nSPS) is 12.3. The van der Waals surface area contributed by atoms with Crippen LogP contribution in [0, 0.1) is 25.2 Å². The molecule has 1 unspecified atom stereocenters. The van der Waals surface area contributed by atoms with Crippen molar-refractivity contribution in [1.82, 2.24) is 0 Å². The average molecular weight is 567 g/mol. The first-order valence-electron chi connectivity index (χ1n) is 15.6. The molecule has 2 heteroatoms. The molecule has 0 N–H and O–H groups in total. The summed E-state index contributed by atoms with van der Waals surface area (Å²) in [7, 11) is 0. The van der Waals surface area contributed by atoms with Gasteiger partial charge in [-0.25, -0.2) is 0 Å². The summed E-state index contributed by atoms with van der Waals surface area (Å²) in [4.78, 5) is 4.69. The molecule has 5 rings (SSSR count). The number of hydrogen-bond donors (Lipinski definition) is 0. The Kier molecular flexibility index (Phi) is 9.06. The summed E-state index contributed by atoms with van der Waals surface area (Å²) < 4.78 is 0. The quantitative estimate of drug-likeness (QED) is 0.175. The lowest BCUT2D eigenvalue weighted by molar-refractivity contribution is 0.280. The fourth-order valence-electron chi connectivity index (χ4n) is 6.07. The van der Waals surface area contributed by atoms with Gasteiger partial charge in [-0.15, -0.1) is 0 Å². The van der Waals surface area contributed by atoms with Gasteiger partial charge in [0.2, 0.25) is 0 Å². The standard InChI is InChI=1S/C41H46N2/c1-30(2)27-40(41(5,6)7)33-19-21-35(22-20-33)42(34-15-9-8-10-16-34)36-23-25-37(26-24-36)43(38-17-11-13-31(3)28-38)39-18-12-14-32(4)29-39/h8-26,28-30,40H,27H2,1-7H3. The SMILES string of the molecule is Cc1cccc(N(c2ccc(N(c3ccccc3)c3ccc(C(CC(C)C)C(C)(C)C)cc3)cc2)c2cccc(C)c2)c1. The third kappa shape index (κ3) is 7.20. The second-order valence-corrected chi connectivity index (χ2v) is 13.3. The number of nitrogens with zero attached hydrogens (tertiary/aromatic N) is 2. The van der Waals surface area contributed by atoms with Gasteiger partial charge < -0.3 is 9.80 Å². The highest BCUT2D eigenvalue weighted by atomic mass is 15.2. The van der Waals surface area contributed by atoms with Crippen LogP contribution in [0.5, 0.6) is 0 Å². The topological polar surface area (TPSA) is 6.48 Å². The number of aryl methyl sites for hydroxylation is 2. The van der Waals surface area contributed by atoms with Crippen molar-refractivity contribution in [3.8, 4) is 0 Å². The maximum Gasteiger partial charge on any atom is 0.0464 e. The monoisotopic (exact) mass is 566 g/mol. The summed E-state index contributed by atoms with van der Waals surface area (Å²) in [5.74, 6) is 1.17. The molecule has 0 amide bonds. The lowest BCUT2D eigenvalue weighted by atomic mass is 9.72. The van der Waals surface area contributed by atoms with E-state index >= 15 is 0 Å². The summed E-state index contributed by atoms with van der Waals surface area (Å²) in [6, 6.07) is 46.3. The Morgan fingerprint density at radius 1 is 0.488 bits per heavy atom. The molecule has 5 aromatic rings. The van der Waals surface area contributed by atoms with E-state index in [1.54, 1.807) is 0 Å². The van der Waals surface area contributed by atoms with Crippen molar-refractivity contribution in [3.63, 3.8) is 0 Å². The summed E-state index contributed by atoms with van der Waals surface area (Å²) in [5, 5.41) is 0. The van der Waals surface area contributed by atoms with E-state index in [9.17, 15) is 0 Å². The highest BCUT2D eigenvalue weighted by Gasteiger charge is 2.27. The van der Waals surface area contributed by atoms with E-state index in [-0.39, 0.29) is 5.41 Å². The van der Waals surface area contributed by atoms with Gasteiger partial charge in [0.05, 0.1) is 0 Å². The lowest BCUT2D eigenvalue weighted by Crippen LogP contribution is -2.20. The van der Waals surface area contributed by atoms with Gasteiger partial charge in [0, 0.05) is 34.1 Å². The minimum Gasteiger partial charge on any atom is -0.311 e. The molecule has 0 saturated heterocycles. The van der Waals surface area contributed by atoms with Crippen molar-refractivity contribution >= 4 is 34.1 Å². The second-order valence-electron chi connectivity index (χ2n) is 13.3. The first-order chi connectivity index (χ1) is 20.6. The molecule has 0 fully saturated rings. The molecule has 1 atom stereocenters. The fraction of sp³-hybridized carbons (Fsp3) is 0.268. The molecule has 0 aliphatic heterocycles. The molecule has 0 aromatic heterocycles. The molecule has 0 spiro atoms. The molecule has 0 bridgehead atoms. The maximum absolute atomic E-state index is 2.36. The summed E-state index contributed by atoms with van der Waals surface area (Å²) >= 11 is 0. The molecular weight excluding hydrogens is 520 g/mol. The van der Waals surface area contributed by atoms with E-state index in [4.69, 9.17) is 0 Å². The van der Waals surface area contributed by atoms with Crippen molar-refractivity contribution in [2.24, 2.45) is 11.3 Å². The van der Waals surface area contributed by atoms with Gasteiger partial charge in [-0.3, -0.25) is 0 Å². The Hall–Kier alpha value is -4.30. The van der Waals surface area contributed by atoms with Crippen LogP contribution in [0.25, 0.3) is 0 Å². The molecular formula is C41H46N2. The minimum atomic E-state index is 0.210. The van der Waals surface area contributed by atoms with Crippen LogP contribution in [-0.4, -0.2) is 0 Å². The van der Waals surface area contributed by atoms with Crippen molar-refractivity contribution in [2.75, 3.05) is 9.80 Å². The van der Waals surface area contributed by atoms with Crippen molar-refractivity contribution in [1.29, 1.82) is 0 Å². The third-order valence-corrected chi connectivity index (χ3v) is 8.21. The Morgan fingerprint density at radius 3 is 1.30 bits per heavy atom. The smallest absolute Gasteiger partial charge is 0.0464 e. The van der Waals surface area contributed by atoms with Crippen molar-refractivity contribution < 1.29 is 0 Å². The van der Waals surface area contributed by atoms with E-state index < -0.39 is 0 Å². The van der Waals surface area contributed by atoms with Gasteiger partial charge >= 0.3 is 0 Å². The zero-order valence-corrected chi connectivity index (χ0v) is 26.9. The van der Waals surface area contributed by atoms with Crippen LogP contribution in [0.2, 0.25) is 0 Å². The number of rotatable bonds is 9. The molecule has 220 valence electrons. The first-order valence-corrected chi connectivity index (χ1v) is 15.6. The van der Waals surface area contributed by atoms with Gasteiger partial charge in [-0.2, -0.15) is 0 Å². The van der Waals surface area contributed by atoms with Crippen LogP contribution in [0.4, 0.5) is 34.1 Å². The fourth-order valence-corrected chi connectivity index (χ4v) is 6.07. The summed E-state index contributed by atoms with van der Waals surface area (Å²) in [6.45, 7) is 16.0. The number of para-hydroxylation sites is 1. The van der Waals surface area contributed by atoms with Crippen molar-refractivity contribution in [2.45, 2.75) is 60.8 Å².